The van der Waals surface area contributed by atoms with Crippen molar-refractivity contribution in [1.82, 2.24) is 15.0 Å². The molecule has 1 aromatic carbocycles. The molecule has 2 aromatic heterocycles. The molecular weight excluding hydrogens is 334 g/mol. The van der Waals surface area contributed by atoms with Gasteiger partial charge in [0.25, 0.3) is 5.56 Å². The number of carbonyl (C=O) groups is 2. The van der Waals surface area contributed by atoms with Crippen LogP contribution in [0, 0.1) is 13.8 Å². The number of fused-ring (bicyclic) bond motifs is 1. The Labute approximate surface area is 149 Å². The van der Waals surface area contributed by atoms with Crippen LogP contribution in [-0.4, -0.2) is 26.7 Å². The molecule has 1 atom stereocenters. The maximum atomic E-state index is 12.5. The number of para-hydroxylation sites is 1. The first-order valence-corrected chi connectivity index (χ1v) is 8.19. The van der Waals surface area contributed by atoms with Crippen molar-refractivity contribution < 1.29 is 14.3 Å². The van der Waals surface area contributed by atoms with E-state index in [4.69, 9.17) is 4.74 Å². The van der Waals surface area contributed by atoms with Crippen molar-refractivity contribution in [1.29, 1.82) is 0 Å². The molecule has 0 bridgehead atoms. The quantitative estimate of drug-likeness (QED) is 0.554. The molecule has 0 saturated carbocycles. The number of H-pyrrole nitrogens is 2. The number of ether oxygens (including phenoxy) is 1. The lowest BCUT2D eigenvalue weighted by Gasteiger charge is -2.13. The Morgan fingerprint density at radius 2 is 1.85 bits per heavy atom. The molecule has 0 aliphatic rings. The maximum Gasteiger partial charge on any atom is 0.355 e. The minimum Gasteiger partial charge on any atom is -0.450 e. The molecule has 3 rings (SSSR count). The molecule has 7 heteroatoms. The molecule has 26 heavy (non-hydrogen) atoms. The highest BCUT2D eigenvalue weighted by molar-refractivity contribution is 6.01. The fourth-order valence-corrected chi connectivity index (χ4v) is 3.05. The number of ketones is 1. The van der Waals surface area contributed by atoms with Gasteiger partial charge < -0.3 is 14.7 Å². The van der Waals surface area contributed by atoms with Gasteiger partial charge >= 0.3 is 5.97 Å². The van der Waals surface area contributed by atoms with Crippen LogP contribution in [0.5, 0.6) is 0 Å². The van der Waals surface area contributed by atoms with Crippen molar-refractivity contribution in [3.05, 3.63) is 63.0 Å². The van der Waals surface area contributed by atoms with E-state index < -0.39 is 12.1 Å². The second kappa shape index (κ2) is 6.59. The van der Waals surface area contributed by atoms with Crippen LogP contribution in [0.3, 0.4) is 0 Å². The molecule has 2 heterocycles. The van der Waals surface area contributed by atoms with Gasteiger partial charge in [-0.1, -0.05) is 12.1 Å². The van der Waals surface area contributed by atoms with Crippen molar-refractivity contribution in [2.75, 3.05) is 0 Å². The van der Waals surface area contributed by atoms with Gasteiger partial charge in [-0.15, -0.1) is 0 Å². The molecule has 1 unspecified atom stereocenters. The van der Waals surface area contributed by atoms with Crippen LogP contribution in [0.1, 0.15) is 57.9 Å². The third-order valence-electron chi connectivity index (χ3n) is 4.29. The zero-order valence-electron chi connectivity index (χ0n) is 15.0. The first-order valence-electron chi connectivity index (χ1n) is 8.19. The van der Waals surface area contributed by atoms with Crippen molar-refractivity contribution in [2.24, 2.45) is 0 Å². The second-order valence-corrected chi connectivity index (χ2v) is 6.20. The summed E-state index contributed by atoms with van der Waals surface area (Å²) in [6.45, 7) is 6.50. The SMILES string of the molecule is CC(=O)c1c(C)[nH]c(C(=O)OC(C)c2nc3ccccc3c(=O)[nH]2)c1C. The van der Waals surface area contributed by atoms with Gasteiger partial charge in [0, 0.05) is 11.3 Å². The molecule has 3 aromatic rings. The molecule has 0 fully saturated rings. The molecule has 7 nitrogen and oxygen atoms in total. The van der Waals surface area contributed by atoms with Gasteiger partial charge in [0.2, 0.25) is 0 Å². The number of hydrogen-bond donors (Lipinski definition) is 2. The zero-order valence-corrected chi connectivity index (χ0v) is 15.0. The Morgan fingerprint density at radius 1 is 1.15 bits per heavy atom. The summed E-state index contributed by atoms with van der Waals surface area (Å²) in [7, 11) is 0. The number of hydrogen-bond acceptors (Lipinski definition) is 5. The van der Waals surface area contributed by atoms with E-state index in [-0.39, 0.29) is 22.9 Å². The molecule has 0 saturated heterocycles. The smallest absolute Gasteiger partial charge is 0.355 e. The summed E-state index contributed by atoms with van der Waals surface area (Å²) in [6.07, 6.45) is -0.761. The third-order valence-corrected chi connectivity index (χ3v) is 4.29. The molecule has 2 N–H and O–H groups in total. The van der Waals surface area contributed by atoms with Crippen molar-refractivity contribution in [3.8, 4) is 0 Å². The minimum absolute atomic E-state index is 0.121. The largest absolute Gasteiger partial charge is 0.450 e. The highest BCUT2D eigenvalue weighted by atomic mass is 16.5. The van der Waals surface area contributed by atoms with E-state index in [1.807, 2.05) is 0 Å². The van der Waals surface area contributed by atoms with E-state index >= 15 is 0 Å². The maximum absolute atomic E-state index is 12.5. The Kier molecular flexibility index (Phi) is 4.46. The van der Waals surface area contributed by atoms with E-state index in [1.54, 1.807) is 45.0 Å². The van der Waals surface area contributed by atoms with E-state index in [0.29, 0.717) is 27.7 Å². The third kappa shape index (κ3) is 3.03. The number of aryl methyl sites for hydroxylation is 1. The molecule has 0 aliphatic heterocycles. The number of nitrogens with zero attached hydrogens (tertiary/aromatic N) is 1. The lowest BCUT2D eigenvalue weighted by atomic mass is 10.1. The summed E-state index contributed by atoms with van der Waals surface area (Å²) in [4.78, 5) is 46.3. The summed E-state index contributed by atoms with van der Waals surface area (Å²) in [5, 5.41) is 0.469. The molecule has 134 valence electrons. The summed E-state index contributed by atoms with van der Waals surface area (Å²) in [5.74, 6) is -0.472. The van der Waals surface area contributed by atoms with E-state index in [9.17, 15) is 14.4 Å². The number of esters is 1. The van der Waals surface area contributed by atoms with Gasteiger partial charge in [-0.25, -0.2) is 9.78 Å². The minimum atomic E-state index is -0.761. The number of carbonyl (C=O) groups excluding carboxylic acids is 2. The van der Waals surface area contributed by atoms with Crippen LogP contribution in [-0.2, 0) is 4.74 Å². The van der Waals surface area contributed by atoms with Gasteiger partial charge in [0.15, 0.2) is 17.7 Å². The van der Waals surface area contributed by atoms with Crippen LogP contribution in [0.2, 0.25) is 0 Å². The summed E-state index contributed by atoms with van der Waals surface area (Å²) < 4.78 is 5.44. The standard InChI is InChI=1S/C19H19N3O4/c1-9-15(11(3)23)10(2)20-16(9)19(25)26-12(4)17-21-14-8-6-5-7-13(14)18(24)22-17/h5-8,12,20H,1-4H3,(H,21,22,24). The number of aromatic nitrogens is 3. The molecule has 0 spiro atoms. The Bertz CT molecular complexity index is 1080. The number of aromatic amines is 2. The van der Waals surface area contributed by atoms with Crippen molar-refractivity contribution >= 4 is 22.7 Å². The van der Waals surface area contributed by atoms with Crippen LogP contribution in [0.25, 0.3) is 10.9 Å². The van der Waals surface area contributed by atoms with Gasteiger partial charge in [-0.05, 0) is 45.4 Å². The van der Waals surface area contributed by atoms with Gasteiger partial charge in [0.1, 0.15) is 5.69 Å². The molecule has 0 aliphatic carbocycles. The number of rotatable bonds is 4. The predicted octanol–water partition coefficient (Wildman–Crippen LogP) is 2.99. The first kappa shape index (κ1) is 17.6. The fraction of sp³-hybridized carbons (Fsp3) is 0.263. The van der Waals surface area contributed by atoms with Crippen LogP contribution in [0.15, 0.2) is 29.1 Å². The predicted molar refractivity (Wildman–Crippen MR) is 96.5 cm³/mol. The summed E-state index contributed by atoms with van der Waals surface area (Å²) in [5.41, 5.74) is 2.11. The normalized spacial score (nSPS) is 12.2. The number of benzene rings is 1. The number of nitrogens with one attached hydrogen (secondary N) is 2. The molecule has 0 amide bonds. The summed E-state index contributed by atoms with van der Waals surface area (Å²) >= 11 is 0. The Balaban J connectivity index is 1.90. The van der Waals surface area contributed by atoms with Crippen molar-refractivity contribution in [3.63, 3.8) is 0 Å². The second-order valence-electron chi connectivity index (χ2n) is 6.20. The van der Waals surface area contributed by atoms with Gasteiger partial charge in [-0.3, -0.25) is 9.59 Å². The topological polar surface area (TPSA) is 105 Å². The van der Waals surface area contributed by atoms with E-state index in [2.05, 4.69) is 15.0 Å². The highest BCUT2D eigenvalue weighted by Gasteiger charge is 2.23. The van der Waals surface area contributed by atoms with Gasteiger partial charge in [0.05, 0.1) is 10.9 Å². The summed E-state index contributed by atoms with van der Waals surface area (Å²) in [6, 6.07) is 6.94. The number of Topliss-reactive ketones (excluding diaryl/α,β-unsaturated/α-hetero) is 1. The average Bonchev–Trinajstić information content (AvgIpc) is 2.89. The Morgan fingerprint density at radius 3 is 2.50 bits per heavy atom. The first-order chi connectivity index (χ1) is 12.3. The highest BCUT2D eigenvalue weighted by Crippen LogP contribution is 2.22. The van der Waals surface area contributed by atoms with E-state index in [1.165, 1.54) is 6.92 Å². The van der Waals surface area contributed by atoms with Crippen molar-refractivity contribution in [2.45, 2.75) is 33.8 Å². The van der Waals surface area contributed by atoms with Crippen LogP contribution >= 0.6 is 0 Å². The Hall–Kier alpha value is -3.22. The molecule has 0 radical (unpaired) electrons. The average molecular weight is 353 g/mol. The fourth-order valence-electron chi connectivity index (χ4n) is 3.05. The lowest BCUT2D eigenvalue weighted by Crippen LogP contribution is -2.18. The van der Waals surface area contributed by atoms with Crippen LogP contribution < -0.4 is 5.56 Å². The van der Waals surface area contributed by atoms with Crippen LogP contribution in [0.4, 0.5) is 0 Å². The van der Waals surface area contributed by atoms with E-state index in [0.717, 1.165) is 0 Å². The van der Waals surface area contributed by atoms with Gasteiger partial charge in [-0.2, -0.15) is 0 Å². The lowest BCUT2D eigenvalue weighted by molar-refractivity contribution is 0.0312. The monoisotopic (exact) mass is 353 g/mol. The molecular formula is C19H19N3O4. The zero-order chi connectivity index (χ0) is 19.0.